The molecule has 0 radical (unpaired) electrons. The molecule has 14 aromatic carbocycles. The largest absolute Gasteiger partial charge is 0.464 e. The van der Waals surface area contributed by atoms with Crippen molar-refractivity contribution in [3.63, 3.8) is 0 Å². The molecule has 0 N–H and O–H groups in total. The number of benzene rings is 14. The van der Waals surface area contributed by atoms with E-state index in [0.717, 1.165) is 72.7 Å². The average Bonchev–Trinajstić information content (AvgIpc) is 1.37. The number of rotatable bonds is 3. The number of anilines is 6. The molecular weight excluding hydrogens is 1070 g/mol. The van der Waals surface area contributed by atoms with Crippen molar-refractivity contribution < 1.29 is 8.83 Å². The van der Waals surface area contributed by atoms with Gasteiger partial charge in [-0.05, 0) is 115 Å². The summed E-state index contributed by atoms with van der Waals surface area (Å²) in [5, 5.41) is 16.7. The second-order valence-corrected chi connectivity index (χ2v) is 24.6. The minimum atomic E-state index is -0.203. The van der Waals surface area contributed by atoms with E-state index < -0.39 is 0 Å². The number of aromatic nitrogens is 2. The molecule has 4 aliphatic heterocycles. The fourth-order valence-corrected chi connectivity index (χ4v) is 16.9. The Hall–Kier alpha value is -11.5. The van der Waals surface area contributed by atoms with Crippen LogP contribution >= 0.6 is 0 Å². The molecule has 4 aromatic heterocycles. The Morgan fingerprint density at radius 1 is 0.318 bits per heavy atom. The highest BCUT2D eigenvalue weighted by Gasteiger charge is 2.47. The van der Waals surface area contributed by atoms with Crippen LogP contribution in [0.25, 0.3) is 142 Å². The number of hydrogen-bond donors (Lipinski definition) is 0. The highest BCUT2D eigenvalue weighted by molar-refractivity contribution is 6.91. The Bertz CT molecular complexity index is 6260. The van der Waals surface area contributed by atoms with E-state index in [2.05, 4.69) is 280 Å². The molecule has 4 aliphatic rings. The highest BCUT2D eigenvalue weighted by Crippen LogP contribution is 2.53. The van der Waals surface area contributed by atoms with Crippen LogP contribution in [0.15, 0.2) is 276 Å². The van der Waals surface area contributed by atoms with Crippen molar-refractivity contribution in [2.75, 3.05) is 9.80 Å². The highest BCUT2D eigenvalue weighted by atomic mass is 16.3. The lowest BCUT2D eigenvalue weighted by atomic mass is 9.44. The third kappa shape index (κ3) is 5.67. The maximum absolute atomic E-state index is 7.66. The first-order chi connectivity index (χ1) is 43.7. The van der Waals surface area contributed by atoms with Crippen LogP contribution in [-0.2, 0) is 0 Å². The summed E-state index contributed by atoms with van der Waals surface area (Å²) in [6.07, 6.45) is 1.86. The second-order valence-electron chi connectivity index (χ2n) is 24.6. The average molecular weight is 1110 g/mol. The SMILES string of the molecule is c1ccc2cc(N3c4cc5ccccc5cc4B4c5c3cc3cc(-c6ccc7c8cccc9c8n(c7c6)B6c7ccc8ccccc8c7N(c7cccc8ccccc78)c7cc8ccoc8c-9c76)oc3c5-c3cccc5c6ccccc6n4c35)ccc2c1. The first kappa shape index (κ1) is 45.9. The summed E-state index contributed by atoms with van der Waals surface area (Å²) in [4.78, 5) is 5.11. The molecule has 0 spiro atoms. The maximum Gasteiger partial charge on any atom is 0.333 e. The summed E-state index contributed by atoms with van der Waals surface area (Å²) in [6, 6.07) is 97.6. The van der Waals surface area contributed by atoms with E-state index in [1.807, 2.05) is 6.26 Å². The Morgan fingerprint density at radius 3 is 1.70 bits per heavy atom. The van der Waals surface area contributed by atoms with Crippen molar-refractivity contribution >= 4 is 178 Å². The first-order valence-corrected chi connectivity index (χ1v) is 30.5. The van der Waals surface area contributed by atoms with Gasteiger partial charge in [0.05, 0.1) is 17.6 Å². The lowest BCUT2D eigenvalue weighted by Gasteiger charge is -2.41. The first-order valence-electron chi connectivity index (χ1n) is 30.5. The van der Waals surface area contributed by atoms with Crippen molar-refractivity contribution in [2.24, 2.45) is 0 Å². The predicted octanol–water partition coefficient (Wildman–Crippen LogP) is 18.5. The zero-order valence-electron chi connectivity index (χ0n) is 47.2. The van der Waals surface area contributed by atoms with Crippen LogP contribution < -0.4 is 31.7 Å². The molecule has 402 valence electrons. The van der Waals surface area contributed by atoms with Gasteiger partial charge in [0.15, 0.2) is 0 Å². The molecule has 0 bridgehead atoms. The third-order valence-electron chi connectivity index (χ3n) is 20.4. The molecule has 0 amide bonds. The van der Waals surface area contributed by atoms with Crippen LogP contribution in [0.5, 0.6) is 0 Å². The summed E-state index contributed by atoms with van der Waals surface area (Å²) < 4.78 is 19.6. The van der Waals surface area contributed by atoms with Gasteiger partial charge in [-0.25, -0.2) is 0 Å². The van der Waals surface area contributed by atoms with Gasteiger partial charge in [-0.2, -0.15) is 0 Å². The van der Waals surface area contributed by atoms with Crippen molar-refractivity contribution in [3.8, 4) is 33.6 Å². The summed E-state index contributed by atoms with van der Waals surface area (Å²) in [7, 11) is 0. The van der Waals surface area contributed by atoms with Crippen molar-refractivity contribution in [1.82, 2.24) is 8.96 Å². The number of para-hydroxylation sites is 3. The van der Waals surface area contributed by atoms with Crippen molar-refractivity contribution in [2.45, 2.75) is 0 Å². The van der Waals surface area contributed by atoms with E-state index in [0.29, 0.717) is 0 Å². The van der Waals surface area contributed by atoms with Crippen LogP contribution in [0.4, 0.5) is 34.1 Å². The van der Waals surface area contributed by atoms with E-state index in [1.165, 1.54) is 126 Å². The Labute approximate surface area is 503 Å². The monoisotopic (exact) mass is 1110 g/mol. The van der Waals surface area contributed by atoms with Crippen molar-refractivity contribution in [1.29, 1.82) is 0 Å². The van der Waals surface area contributed by atoms with E-state index in [9.17, 15) is 0 Å². The van der Waals surface area contributed by atoms with E-state index in [-0.39, 0.29) is 13.7 Å². The zero-order chi connectivity index (χ0) is 56.8. The molecule has 0 fully saturated rings. The van der Waals surface area contributed by atoms with Gasteiger partial charge in [0.1, 0.15) is 16.9 Å². The van der Waals surface area contributed by atoms with E-state index >= 15 is 0 Å². The molecule has 0 atom stereocenters. The number of hydrogen-bond acceptors (Lipinski definition) is 4. The Balaban J connectivity index is 0.824. The third-order valence-corrected chi connectivity index (χ3v) is 20.4. The Kier molecular flexibility index (Phi) is 8.49. The quantitative estimate of drug-likeness (QED) is 0.165. The number of nitrogens with zero attached hydrogens (tertiary/aromatic N) is 4. The molecule has 88 heavy (non-hydrogen) atoms. The smallest absolute Gasteiger partial charge is 0.333 e. The van der Waals surface area contributed by atoms with Gasteiger partial charge in [-0.15, -0.1) is 0 Å². The van der Waals surface area contributed by atoms with Crippen LogP contribution in [0.2, 0.25) is 0 Å². The Morgan fingerprint density at radius 2 is 0.898 bits per heavy atom. The van der Waals surface area contributed by atoms with Crippen LogP contribution in [0, 0.1) is 0 Å². The van der Waals surface area contributed by atoms with Gasteiger partial charge < -0.3 is 27.6 Å². The fraction of sp³-hybridized carbons (Fsp3) is 0. The number of furan rings is 2. The van der Waals surface area contributed by atoms with Crippen LogP contribution in [0.3, 0.4) is 0 Å². The molecule has 18 aromatic rings. The van der Waals surface area contributed by atoms with Crippen LogP contribution in [-0.4, -0.2) is 22.7 Å². The minimum Gasteiger partial charge on any atom is -0.464 e. The van der Waals surface area contributed by atoms with Gasteiger partial charge in [0.25, 0.3) is 0 Å². The second kappa shape index (κ2) is 16.3. The fourth-order valence-electron chi connectivity index (χ4n) is 16.9. The van der Waals surface area contributed by atoms with Gasteiger partial charge >= 0.3 is 13.7 Å². The predicted molar refractivity (Wildman–Crippen MR) is 369 cm³/mol. The summed E-state index contributed by atoms with van der Waals surface area (Å²) in [5.74, 6) is 0.829. The summed E-state index contributed by atoms with van der Waals surface area (Å²) in [5.41, 5.74) is 24.3. The normalized spacial score (nSPS) is 13.6. The van der Waals surface area contributed by atoms with Crippen LogP contribution in [0.1, 0.15) is 0 Å². The molecule has 6 nitrogen and oxygen atoms in total. The molecule has 0 saturated carbocycles. The summed E-state index contributed by atoms with van der Waals surface area (Å²) in [6.45, 7) is -0.351. The van der Waals surface area contributed by atoms with E-state index in [4.69, 9.17) is 8.83 Å². The standard InChI is InChI=1S/C80H44B2N4O2/c1-2-17-48-38-54(33-30-45(48)14-1)83-68-40-50-19-4-3-18-49(50)39-64(68)82-74-69(83)43-53-44-71(88-80(53)73(74)62-27-12-24-59-57-23-9-10-28-66(57)85(82)76(59)62)51-31-34-58-60-25-13-26-61-72-75-70(42-52-36-37-87-79(52)72)84(65-29-11-20-46-15-5-7-21-55(46)65)78-56-22-8-6-16-47(56)32-35-63(78)81(75)86(77(60)61)67(58)41-51/h1-44H. The zero-order valence-corrected chi connectivity index (χ0v) is 47.2. The lowest BCUT2D eigenvalue weighted by molar-refractivity contribution is 0.617. The topological polar surface area (TPSA) is 42.6 Å². The van der Waals surface area contributed by atoms with Gasteiger partial charge in [-0.1, -0.05) is 200 Å². The lowest BCUT2D eigenvalue weighted by Crippen LogP contribution is -2.56. The molecule has 8 heterocycles. The minimum absolute atomic E-state index is 0.148. The molecular formula is C80H44B2N4O2. The van der Waals surface area contributed by atoms with E-state index in [1.54, 1.807) is 0 Å². The molecule has 0 unspecified atom stereocenters. The van der Waals surface area contributed by atoms with Gasteiger partial charge in [-0.3, -0.25) is 0 Å². The summed E-state index contributed by atoms with van der Waals surface area (Å²) >= 11 is 0. The molecule has 8 heteroatoms. The van der Waals surface area contributed by atoms with Gasteiger partial charge in [0.2, 0.25) is 0 Å². The maximum atomic E-state index is 7.66. The van der Waals surface area contributed by atoms with Gasteiger partial charge in [0, 0.05) is 116 Å². The number of fused-ring (bicyclic) bond motifs is 23. The molecule has 0 saturated heterocycles. The molecule has 0 aliphatic carbocycles. The molecule has 22 rings (SSSR count). The van der Waals surface area contributed by atoms with Crippen molar-refractivity contribution in [3.05, 3.63) is 267 Å².